The van der Waals surface area contributed by atoms with Crippen molar-refractivity contribution < 1.29 is 9.53 Å². The Labute approximate surface area is 126 Å². The summed E-state index contributed by atoms with van der Waals surface area (Å²) in [6, 6.07) is 0.289. The van der Waals surface area contributed by atoms with Crippen LogP contribution in [0.1, 0.15) is 42.6 Å². The van der Waals surface area contributed by atoms with Crippen molar-refractivity contribution in [2.24, 2.45) is 7.05 Å². The summed E-state index contributed by atoms with van der Waals surface area (Å²) >= 11 is 0. The topological polar surface area (TPSA) is 47.4 Å². The van der Waals surface area contributed by atoms with Gasteiger partial charge in [-0.05, 0) is 26.7 Å². The molecule has 1 aromatic heterocycles. The van der Waals surface area contributed by atoms with Crippen LogP contribution in [0, 0.1) is 13.8 Å². The predicted molar refractivity (Wildman–Crippen MR) is 80.1 cm³/mol. The highest BCUT2D eigenvalue weighted by Crippen LogP contribution is 2.29. The second-order valence-corrected chi connectivity index (χ2v) is 6.30. The van der Waals surface area contributed by atoms with Crippen LogP contribution in [-0.4, -0.2) is 45.9 Å². The highest BCUT2D eigenvalue weighted by molar-refractivity contribution is 5.79. The lowest BCUT2D eigenvalue weighted by molar-refractivity contribution is -0.148. The summed E-state index contributed by atoms with van der Waals surface area (Å²) in [7, 11) is 1.93. The van der Waals surface area contributed by atoms with E-state index >= 15 is 0 Å². The van der Waals surface area contributed by atoms with Crippen LogP contribution in [0.25, 0.3) is 0 Å². The maximum Gasteiger partial charge on any atom is 0.227 e. The van der Waals surface area contributed by atoms with E-state index in [4.69, 9.17) is 4.74 Å². The number of amides is 1. The first kappa shape index (κ1) is 14.6. The Morgan fingerprint density at radius 3 is 2.81 bits per heavy atom. The molecule has 2 atom stereocenters. The first-order chi connectivity index (χ1) is 10.1. The number of morpholine rings is 1. The van der Waals surface area contributed by atoms with Crippen LogP contribution in [0.3, 0.4) is 0 Å². The standard InChI is InChI=1S/C16H25N3O2/c1-11-13(12(2)18(3)17-11)10-16(20)19-8-9-21-15-7-5-4-6-14(15)19/h14-15H,4-10H2,1-3H3/t14-,15+/m0/s1. The molecule has 0 aromatic carbocycles. The van der Waals surface area contributed by atoms with E-state index in [-0.39, 0.29) is 18.1 Å². The fourth-order valence-corrected chi connectivity index (χ4v) is 3.73. The summed E-state index contributed by atoms with van der Waals surface area (Å²) in [5, 5.41) is 4.41. The van der Waals surface area contributed by atoms with Gasteiger partial charge in [0.25, 0.3) is 0 Å². The largest absolute Gasteiger partial charge is 0.374 e. The predicted octanol–water partition coefficient (Wildman–Crippen LogP) is 1.75. The molecule has 0 radical (unpaired) electrons. The molecule has 0 bridgehead atoms. The van der Waals surface area contributed by atoms with Crippen LogP contribution in [-0.2, 0) is 23.0 Å². The highest BCUT2D eigenvalue weighted by Gasteiger charge is 2.36. The van der Waals surface area contributed by atoms with Gasteiger partial charge in [0.15, 0.2) is 0 Å². The molecule has 116 valence electrons. The van der Waals surface area contributed by atoms with Gasteiger partial charge in [-0.25, -0.2) is 0 Å². The number of hydrogen-bond acceptors (Lipinski definition) is 3. The zero-order chi connectivity index (χ0) is 15.0. The van der Waals surface area contributed by atoms with Gasteiger partial charge in [-0.3, -0.25) is 9.48 Å². The van der Waals surface area contributed by atoms with Crippen molar-refractivity contribution in [1.29, 1.82) is 0 Å². The van der Waals surface area contributed by atoms with E-state index in [0.29, 0.717) is 13.0 Å². The number of carbonyl (C=O) groups excluding carboxylic acids is 1. The van der Waals surface area contributed by atoms with Crippen LogP contribution in [0.4, 0.5) is 0 Å². The van der Waals surface area contributed by atoms with E-state index in [9.17, 15) is 4.79 Å². The summed E-state index contributed by atoms with van der Waals surface area (Å²) in [5.74, 6) is 0.231. The van der Waals surface area contributed by atoms with Gasteiger partial charge in [-0.1, -0.05) is 12.8 Å². The third kappa shape index (κ3) is 2.71. The van der Waals surface area contributed by atoms with Gasteiger partial charge in [-0.2, -0.15) is 5.10 Å². The Balaban J connectivity index is 1.75. The van der Waals surface area contributed by atoms with E-state index in [1.807, 2.05) is 25.6 Å². The molecule has 21 heavy (non-hydrogen) atoms. The minimum Gasteiger partial charge on any atom is -0.374 e. The zero-order valence-electron chi connectivity index (χ0n) is 13.3. The van der Waals surface area contributed by atoms with E-state index in [1.54, 1.807) is 0 Å². The van der Waals surface area contributed by atoms with Gasteiger partial charge < -0.3 is 9.64 Å². The number of aryl methyl sites for hydroxylation is 2. The molecule has 1 aliphatic carbocycles. The number of nitrogens with zero attached hydrogens (tertiary/aromatic N) is 3. The lowest BCUT2D eigenvalue weighted by Crippen LogP contribution is -2.55. The van der Waals surface area contributed by atoms with Crippen molar-refractivity contribution >= 4 is 5.91 Å². The molecular weight excluding hydrogens is 266 g/mol. The summed E-state index contributed by atoms with van der Waals surface area (Å²) in [6.45, 7) is 5.43. The number of hydrogen-bond donors (Lipinski definition) is 0. The first-order valence-corrected chi connectivity index (χ1v) is 7.98. The lowest BCUT2D eigenvalue weighted by Gasteiger charge is -2.43. The Kier molecular flexibility index (Phi) is 4.02. The van der Waals surface area contributed by atoms with Crippen LogP contribution in [0.5, 0.6) is 0 Å². The van der Waals surface area contributed by atoms with Gasteiger partial charge in [-0.15, -0.1) is 0 Å². The van der Waals surface area contributed by atoms with E-state index in [1.165, 1.54) is 12.8 Å². The molecule has 0 unspecified atom stereocenters. The molecule has 1 aromatic rings. The van der Waals surface area contributed by atoms with Gasteiger partial charge in [0.1, 0.15) is 0 Å². The van der Waals surface area contributed by atoms with Crippen LogP contribution in [0.2, 0.25) is 0 Å². The Morgan fingerprint density at radius 2 is 2.10 bits per heavy atom. The Bertz CT molecular complexity index is 536. The molecule has 1 saturated heterocycles. The zero-order valence-corrected chi connectivity index (χ0v) is 13.3. The van der Waals surface area contributed by atoms with Crippen molar-refractivity contribution in [3.63, 3.8) is 0 Å². The second kappa shape index (κ2) is 5.79. The number of fused-ring (bicyclic) bond motifs is 1. The third-order valence-corrected chi connectivity index (χ3v) is 5.04. The molecule has 1 aliphatic heterocycles. The monoisotopic (exact) mass is 291 g/mol. The van der Waals surface area contributed by atoms with Crippen molar-refractivity contribution in [2.45, 2.75) is 58.1 Å². The van der Waals surface area contributed by atoms with E-state index < -0.39 is 0 Å². The van der Waals surface area contributed by atoms with Crippen molar-refractivity contribution in [2.75, 3.05) is 13.2 Å². The number of aromatic nitrogens is 2. The number of carbonyl (C=O) groups is 1. The minimum atomic E-state index is 0.231. The van der Waals surface area contributed by atoms with Gasteiger partial charge in [0, 0.05) is 24.8 Å². The molecule has 1 amide bonds. The lowest BCUT2D eigenvalue weighted by atomic mass is 9.89. The smallest absolute Gasteiger partial charge is 0.227 e. The molecule has 3 rings (SSSR count). The normalized spacial score (nSPS) is 25.8. The molecular formula is C16H25N3O2. The number of rotatable bonds is 2. The van der Waals surface area contributed by atoms with Crippen LogP contribution >= 0.6 is 0 Å². The van der Waals surface area contributed by atoms with Crippen LogP contribution in [0.15, 0.2) is 0 Å². The molecule has 0 spiro atoms. The molecule has 2 heterocycles. The van der Waals surface area contributed by atoms with Crippen LogP contribution < -0.4 is 0 Å². The van der Waals surface area contributed by atoms with Gasteiger partial charge >= 0.3 is 0 Å². The fourth-order valence-electron chi connectivity index (χ4n) is 3.73. The molecule has 5 heteroatoms. The summed E-state index contributed by atoms with van der Waals surface area (Å²) < 4.78 is 7.72. The summed E-state index contributed by atoms with van der Waals surface area (Å²) in [5.41, 5.74) is 3.15. The number of ether oxygens (including phenoxy) is 1. The summed E-state index contributed by atoms with van der Waals surface area (Å²) in [4.78, 5) is 14.8. The third-order valence-electron chi connectivity index (χ3n) is 5.04. The highest BCUT2D eigenvalue weighted by atomic mass is 16.5. The van der Waals surface area contributed by atoms with Crippen molar-refractivity contribution in [3.8, 4) is 0 Å². The molecule has 0 N–H and O–H groups in total. The molecule has 5 nitrogen and oxygen atoms in total. The average molecular weight is 291 g/mol. The van der Waals surface area contributed by atoms with E-state index in [2.05, 4.69) is 10.00 Å². The fraction of sp³-hybridized carbons (Fsp3) is 0.750. The molecule has 1 saturated carbocycles. The van der Waals surface area contributed by atoms with Gasteiger partial charge in [0.2, 0.25) is 5.91 Å². The van der Waals surface area contributed by atoms with Gasteiger partial charge in [0.05, 0.1) is 30.9 Å². The van der Waals surface area contributed by atoms with E-state index in [0.717, 1.165) is 36.3 Å². The first-order valence-electron chi connectivity index (χ1n) is 7.98. The average Bonchev–Trinajstić information content (AvgIpc) is 2.73. The molecule has 2 aliphatic rings. The van der Waals surface area contributed by atoms with Crippen molar-refractivity contribution in [3.05, 3.63) is 17.0 Å². The maximum absolute atomic E-state index is 12.8. The summed E-state index contributed by atoms with van der Waals surface area (Å²) in [6.07, 6.45) is 5.34. The second-order valence-electron chi connectivity index (χ2n) is 6.30. The Hall–Kier alpha value is -1.36. The maximum atomic E-state index is 12.8. The Morgan fingerprint density at radius 1 is 1.33 bits per heavy atom. The quantitative estimate of drug-likeness (QED) is 0.834. The van der Waals surface area contributed by atoms with Crippen molar-refractivity contribution in [1.82, 2.24) is 14.7 Å². The molecule has 2 fully saturated rings. The minimum absolute atomic E-state index is 0.231. The SMILES string of the molecule is Cc1nn(C)c(C)c1CC(=O)N1CCO[C@@H]2CCCC[C@@H]21.